The third kappa shape index (κ3) is 2.61. The van der Waals surface area contributed by atoms with Crippen molar-refractivity contribution in [1.82, 2.24) is 9.55 Å². The van der Waals surface area contributed by atoms with Crippen LogP contribution in [0.3, 0.4) is 0 Å². The molecule has 0 radical (unpaired) electrons. The Hall–Kier alpha value is -2.61. The molecule has 0 aliphatic rings. The van der Waals surface area contributed by atoms with Gasteiger partial charge in [0.25, 0.3) is 0 Å². The first-order valence-corrected chi connectivity index (χ1v) is 8.14. The van der Waals surface area contributed by atoms with Crippen LogP contribution in [0.25, 0.3) is 21.8 Å². The summed E-state index contributed by atoms with van der Waals surface area (Å²) in [6.45, 7) is 2.18. The van der Waals surface area contributed by atoms with Gasteiger partial charge in [-0.05, 0) is 59.2 Å². The summed E-state index contributed by atoms with van der Waals surface area (Å²) in [5.41, 5.74) is 6.29. The summed E-state index contributed by atoms with van der Waals surface area (Å²) in [6.07, 6.45) is 6.09. The lowest BCUT2D eigenvalue weighted by atomic mass is 10.0. The highest BCUT2D eigenvalue weighted by Gasteiger charge is 2.04. The summed E-state index contributed by atoms with van der Waals surface area (Å²) in [5.74, 6) is 0. The largest absolute Gasteiger partial charge is 0.351 e. The van der Waals surface area contributed by atoms with Crippen molar-refractivity contribution < 1.29 is 0 Å². The van der Waals surface area contributed by atoms with Gasteiger partial charge in [0.1, 0.15) is 0 Å². The molecular formula is C21H20N2. The molecule has 0 amide bonds. The molecule has 2 aromatic carbocycles. The van der Waals surface area contributed by atoms with E-state index in [-0.39, 0.29) is 0 Å². The van der Waals surface area contributed by atoms with Gasteiger partial charge in [0.2, 0.25) is 0 Å². The number of nitrogens with zero attached hydrogens (tertiary/aromatic N) is 2. The summed E-state index contributed by atoms with van der Waals surface area (Å²) < 4.78 is 2.17. The molecule has 2 heterocycles. The molecule has 23 heavy (non-hydrogen) atoms. The van der Waals surface area contributed by atoms with Gasteiger partial charge in [-0.2, -0.15) is 0 Å². The summed E-state index contributed by atoms with van der Waals surface area (Å²) in [6, 6.07) is 17.7. The zero-order valence-electron chi connectivity index (χ0n) is 13.6. The Balaban J connectivity index is 1.69. The molecule has 0 N–H and O–H groups in total. The number of aryl methyl sites for hydroxylation is 2. The summed E-state index contributed by atoms with van der Waals surface area (Å²) in [7, 11) is 2.09. The standard InChI is InChI=1S/C21H20N2/c1-3-15-4-7-19-11-17(14-22-20(19)12-15)10-16-5-6-18-8-9-23(2)21(18)13-16/h4-9,11-14H,3,10H2,1-2H3. The number of rotatable bonds is 3. The van der Waals surface area contributed by atoms with Crippen molar-refractivity contribution in [3.05, 3.63) is 77.6 Å². The maximum absolute atomic E-state index is 4.65. The minimum Gasteiger partial charge on any atom is -0.351 e. The second-order valence-electron chi connectivity index (χ2n) is 6.22. The van der Waals surface area contributed by atoms with Crippen molar-refractivity contribution in [3.8, 4) is 0 Å². The van der Waals surface area contributed by atoms with E-state index in [4.69, 9.17) is 0 Å². The first-order chi connectivity index (χ1) is 11.2. The number of benzene rings is 2. The van der Waals surface area contributed by atoms with Gasteiger partial charge in [-0.25, -0.2) is 0 Å². The number of pyridine rings is 1. The van der Waals surface area contributed by atoms with Crippen molar-refractivity contribution in [2.24, 2.45) is 7.05 Å². The third-order valence-corrected chi connectivity index (χ3v) is 4.57. The first-order valence-electron chi connectivity index (χ1n) is 8.14. The van der Waals surface area contributed by atoms with Gasteiger partial charge in [-0.1, -0.05) is 31.2 Å². The highest BCUT2D eigenvalue weighted by atomic mass is 14.9. The average molecular weight is 300 g/mol. The van der Waals surface area contributed by atoms with Crippen LogP contribution in [-0.2, 0) is 19.9 Å². The molecule has 114 valence electrons. The van der Waals surface area contributed by atoms with Crippen LogP contribution in [0, 0.1) is 0 Å². The number of hydrogen-bond acceptors (Lipinski definition) is 1. The lowest BCUT2D eigenvalue weighted by Crippen LogP contribution is -1.92. The smallest absolute Gasteiger partial charge is 0.0704 e. The van der Waals surface area contributed by atoms with Crippen molar-refractivity contribution in [3.63, 3.8) is 0 Å². The third-order valence-electron chi connectivity index (χ3n) is 4.57. The Morgan fingerprint density at radius 2 is 1.70 bits per heavy atom. The number of fused-ring (bicyclic) bond motifs is 2. The predicted molar refractivity (Wildman–Crippen MR) is 96.8 cm³/mol. The lowest BCUT2D eigenvalue weighted by molar-refractivity contribution is 0.967. The zero-order valence-corrected chi connectivity index (χ0v) is 13.6. The van der Waals surface area contributed by atoms with Gasteiger partial charge in [-0.15, -0.1) is 0 Å². The van der Waals surface area contributed by atoms with Gasteiger partial charge in [-0.3, -0.25) is 4.98 Å². The van der Waals surface area contributed by atoms with Crippen molar-refractivity contribution in [1.29, 1.82) is 0 Å². The molecule has 0 spiro atoms. The van der Waals surface area contributed by atoms with Crippen LogP contribution in [-0.4, -0.2) is 9.55 Å². The van der Waals surface area contributed by atoms with E-state index in [0.717, 1.165) is 18.4 Å². The predicted octanol–water partition coefficient (Wildman–Crippen LogP) is 4.88. The molecule has 2 heteroatoms. The van der Waals surface area contributed by atoms with Crippen molar-refractivity contribution in [2.75, 3.05) is 0 Å². The Morgan fingerprint density at radius 1 is 0.870 bits per heavy atom. The van der Waals surface area contributed by atoms with E-state index in [2.05, 4.69) is 78.3 Å². The Morgan fingerprint density at radius 3 is 2.57 bits per heavy atom. The van der Waals surface area contributed by atoms with Crippen molar-refractivity contribution in [2.45, 2.75) is 19.8 Å². The van der Waals surface area contributed by atoms with E-state index < -0.39 is 0 Å². The van der Waals surface area contributed by atoms with Crippen LogP contribution in [0.4, 0.5) is 0 Å². The van der Waals surface area contributed by atoms with Gasteiger partial charge < -0.3 is 4.57 Å². The summed E-state index contributed by atoms with van der Waals surface area (Å²) in [5, 5.41) is 2.51. The lowest BCUT2D eigenvalue weighted by Gasteiger charge is -2.06. The Labute approximate surface area is 136 Å². The van der Waals surface area contributed by atoms with Crippen LogP contribution >= 0.6 is 0 Å². The van der Waals surface area contributed by atoms with E-state index in [0.29, 0.717) is 0 Å². The molecule has 0 unspecified atom stereocenters. The molecule has 0 saturated heterocycles. The summed E-state index contributed by atoms with van der Waals surface area (Å²) >= 11 is 0. The number of hydrogen-bond donors (Lipinski definition) is 0. The molecule has 0 atom stereocenters. The normalized spacial score (nSPS) is 11.4. The summed E-state index contributed by atoms with van der Waals surface area (Å²) in [4.78, 5) is 4.65. The molecule has 0 aliphatic carbocycles. The van der Waals surface area contributed by atoms with Gasteiger partial charge in [0, 0.05) is 30.3 Å². The topological polar surface area (TPSA) is 17.8 Å². The molecule has 0 bridgehead atoms. The minimum absolute atomic E-state index is 0.916. The second kappa shape index (κ2) is 5.54. The average Bonchev–Trinajstić information content (AvgIpc) is 2.95. The maximum atomic E-state index is 4.65. The second-order valence-corrected chi connectivity index (χ2v) is 6.22. The zero-order chi connectivity index (χ0) is 15.8. The molecule has 2 nitrogen and oxygen atoms in total. The minimum atomic E-state index is 0.916. The molecule has 2 aromatic heterocycles. The SMILES string of the molecule is CCc1ccc2cc(Cc3ccc4ccn(C)c4c3)cnc2c1. The van der Waals surface area contributed by atoms with Crippen LogP contribution < -0.4 is 0 Å². The quantitative estimate of drug-likeness (QED) is 0.527. The van der Waals surface area contributed by atoms with E-state index >= 15 is 0 Å². The van der Waals surface area contributed by atoms with Crippen LogP contribution in [0.5, 0.6) is 0 Å². The number of aromatic nitrogens is 2. The van der Waals surface area contributed by atoms with E-state index in [1.165, 1.54) is 33.0 Å². The first kappa shape index (κ1) is 14.0. The van der Waals surface area contributed by atoms with Gasteiger partial charge in [0.15, 0.2) is 0 Å². The van der Waals surface area contributed by atoms with E-state index in [1.54, 1.807) is 0 Å². The van der Waals surface area contributed by atoms with Crippen molar-refractivity contribution >= 4 is 21.8 Å². The Bertz CT molecular complexity index is 995. The van der Waals surface area contributed by atoms with Gasteiger partial charge >= 0.3 is 0 Å². The highest BCUT2D eigenvalue weighted by Crippen LogP contribution is 2.21. The Kier molecular flexibility index (Phi) is 3.38. The fraction of sp³-hybridized carbons (Fsp3) is 0.190. The van der Waals surface area contributed by atoms with E-state index in [9.17, 15) is 0 Å². The molecule has 0 saturated carbocycles. The van der Waals surface area contributed by atoms with E-state index in [1.807, 2.05) is 6.20 Å². The fourth-order valence-electron chi connectivity index (χ4n) is 3.18. The van der Waals surface area contributed by atoms with Gasteiger partial charge in [0.05, 0.1) is 5.52 Å². The highest BCUT2D eigenvalue weighted by molar-refractivity contribution is 5.81. The molecule has 0 aliphatic heterocycles. The van der Waals surface area contributed by atoms with Crippen LogP contribution in [0.2, 0.25) is 0 Å². The maximum Gasteiger partial charge on any atom is 0.0704 e. The monoisotopic (exact) mass is 300 g/mol. The molecule has 4 rings (SSSR count). The molecule has 4 aromatic rings. The fourth-order valence-corrected chi connectivity index (χ4v) is 3.18. The van der Waals surface area contributed by atoms with Crippen LogP contribution in [0.1, 0.15) is 23.6 Å². The van der Waals surface area contributed by atoms with Crippen LogP contribution in [0.15, 0.2) is 60.9 Å². The molecule has 0 fully saturated rings. The molecular weight excluding hydrogens is 280 g/mol.